The average Bonchev–Trinajstić information content (AvgIpc) is 2.15. The number of nitrogens with two attached hydrogens (primary N) is 1. The van der Waals surface area contributed by atoms with Crippen molar-refractivity contribution in [3.05, 3.63) is 34.9 Å². The average molecular weight is 225 g/mol. The third kappa shape index (κ3) is 2.06. The monoisotopic (exact) mass is 225 g/mol. The van der Waals surface area contributed by atoms with Crippen molar-refractivity contribution in [3.8, 4) is 0 Å². The van der Waals surface area contributed by atoms with E-state index in [-0.39, 0.29) is 17.5 Å². The Morgan fingerprint density at radius 3 is 2.87 bits per heavy atom. The third-order valence-electron chi connectivity index (χ3n) is 2.83. The zero-order valence-electron chi connectivity index (χ0n) is 8.73. The molecule has 0 fully saturated rings. The third-order valence-corrected chi connectivity index (χ3v) is 4.44. The van der Waals surface area contributed by atoms with E-state index in [0.717, 1.165) is 17.5 Å². The summed E-state index contributed by atoms with van der Waals surface area (Å²) in [4.78, 5) is 0. The highest BCUT2D eigenvalue weighted by Crippen LogP contribution is 2.27. The van der Waals surface area contributed by atoms with Crippen molar-refractivity contribution in [2.75, 3.05) is 5.75 Å². The Hall–Kier alpha value is -0.870. The van der Waals surface area contributed by atoms with Crippen LogP contribution in [0.3, 0.4) is 0 Å². The molecule has 0 saturated heterocycles. The molecule has 0 spiro atoms. The molecule has 4 heteroatoms. The second kappa shape index (κ2) is 3.61. The van der Waals surface area contributed by atoms with E-state index >= 15 is 0 Å². The Morgan fingerprint density at radius 2 is 2.20 bits per heavy atom. The maximum absolute atomic E-state index is 11.5. The van der Waals surface area contributed by atoms with Gasteiger partial charge in [-0.25, -0.2) is 8.42 Å². The van der Waals surface area contributed by atoms with Gasteiger partial charge in [0.25, 0.3) is 0 Å². The highest BCUT2D eigenvalue weighted by molar-refractivity contribution is 7.90. The van der Waals surface area contributed by atoms with E-state index in [1.165, 1.54) is 5.56 Å². The highest BCUT2D eigenvalue weighted by Gasteiger charge is 2.27. The fraction of sp³-hybridized carbons (Fsp3) is 0.455. The molecule has 1 aliphatic rings. The van der Waals surface area contributed by atoms with Gasteiger partial charge < -0.3 is 5.73 Å². The van der Waals surface area contributed by atoms with Crippen LogP contribution in [0.25, 0.3) is 0 Å². The lowest BCUT2D eigenvalue weighted by Crippen LogP contribution is -2.29. The normalized spacial score (nSPS) is 23.5. The number of benzene rings is 1. The first-order valence-corrected chi connectivity index (χ1v) is 6.91. The van der Waals surface area contributed by atoms with Gasteiger partial charge in [0.15, 0.2) is 9.84 Å². The van der Waals surface area contributed by atoms with Crippen molar-refractivity contribution in [3.63, 3.8) is 0 Å². The summed E-state index contributed by atoms with van der Waals surface area (Å²) < 4.78 is 23.0. The van der Waals surface area contributed by atoms with Crippen molar-refractivity contribution in [2.24, 2.45) is 5.73 Å². The molecule has 2 rings (SSSR count). The van der Waals surface area contributed by atoms with Crippen molar-refractivity contribution in [1.29, 1.82) is 0 Å². The maximum Gasteiger partial charge on any atom is 0.156 e. The largest absolute Gasteiger partial charge is 0.323 e. The van der Waals surface area contributed by atoms with Gasteiger partial charge in [-0.2, -0.15) is 0 Å². The molecule has 0 amide bonds. The molecule has 1 aromatic rings. The Morgan fingerprint density at radius 1 is 1.47 bits per heavy atom. The van der Waals surface area contributed by atoms with Gasteiger partial charge in [0, 0.05) is 6.04 Å². The van der Waals surface area contributed by atoms with Gasteiger partial charge in [-0.3, -0.25) is 0 Å². The standard InChI is InChI=1S/C11H15NO2S/c1-2-8-3-4-9-6-15(13,14)7-11(12)10(9)5-8/h3-5,11H,2,6-7,12H2,1H3. The van der Waals surface area contributed by atoms with Crippen LogP contribution in [0.1, 0.15) is 29.7 Å². The summed E-state index contributed by atoms with van der Waals surface area (Å²) in [6.45, 7) is 2.08. The Bertz CT molecular complexity index is 479. The quantitative estimate of drug-likeness (QED) is 0.780. The van der Waals surface area contributed by atoms with Crippen molar-refractivity contribution < 1.29 is 8.42 Å². The Labute approximate surface area is 90.2 Å². The molecule has 0 aromatic heterocycles. The SMILES string of the molecule is CCc1ccc2c(c1)C(N)CS(=O)(=O)C2. The van der Waals surface area contributed by atoms with Gasteiger partial charge in [-0.05, 0) is 23.1 Å². The number of hydrogen-bond acceptors (Lipinski definition) is 3. The molecular weight excluding hydrogens is 210 g/mol. The molecule has 0 aliphatic carbocycles. The van der Waals surface area contributed by atoms with Crippen LogP contribution in [0.2, 0.25) is 0 Å². The van der Waals surface area contributed by atoms with Crippen molar-refractivity contribution >= 4 is 9.84 Å². The Balaban J connectivity index is 2.50. The minimum Gasteiger partial charge on any atom is -0.323 e. The summed E-state index contributed by atoms with van der Waals surface area (Å²) in [6, 6.07) is 5.55. The van der Waals surface area contributed by atoms with Gasteiger partial charge >= 0.3 is 0 Å². The molecular formula is C11H15NO2S. The zero-order chi connectivity index (χ0) is 11.1. The molecule has 1 atom stereocenters. The predicted molar refractivity (Wildman–Crippen MR) is 60.2 cm³/mol. The van der Waals surface area contributed by atoms with Crippen LogP contribution < -0.4 is 5.73 Å². The number of aryl methyl sites for hydroxylation is 1. The van der Waals surface area contributed by atoms with Crippen molar-refractivity contribution in [1.82, 2.24) is 0 Å². The van der Waals surface area contributed by atoms with Crippen LogP contribution >= 0.6 is 0 Å². The minimum atomic E-state index is -2.99. The molecule has 0 saturated carbocycles. The summed E-state index contributed by atoms with van der Waals surface area (Å²) in [5.41, 5.74) is 8.95. The molecule has 3 nitrogen and oxygen atoms in total. The summed E-state index contributed by atoms with van der Waals surface area (Å²) in [6.07, 6.45) is 0.951. The number of hydrogen-bond donors (Lipinski definition) is 1. The van der Waals surface area contributed by atoms with Gasteiger partial charge in [0.05, 0.1) is 11.5 Å². The molecule has 1 aromatic carbocycles. The van der Waals surface area contributed by atoms with Gasteiger partial charge in [-0.1, -0.05) is 25.1 Å². The molecule has 1 aliphatic heterocycles. The molecule has 0 radical (unpaired) electrons. The van der Waals surface area contributed by atoms with E-state index in [2.05, 4.69) is 6.92 Å². The highest BCUT2D eigenvalue weighted by atomic mass is 32.2. The minimum absolute atomic E-state index is 0.0766. The van der Waals surface area contributed by atoms with E-state index < -0.39 is 9.84 Å². The zero-order valence-corrected chi connectivity index (χ0v) is 9.55. The molecule has 0 bridgehead atoms. The molecule has 2 N–H and O–H groups in total. The van der Waals surface area contributed by atoms with Gasteiger partial charge in [0.2, 0.25) is 0 Å². The smallest absolute Gasteiger partial charge is 0.156 e. The summed E-state index contributed by atoms with van der Waals surface area (Å²) in [5, 5.41) is 0. The van der Waals surface area contributed by atoms with E-state index in [1.54, 1.807) is 0 Å². The number of sulfone groups is 1. The molecule has 1 unspecified atom stereocenters. The summed E-state index contributed by atoms with van der Waals surface area (Å²) in [5.74, 6) is 0.215. The predicted octanol–water partition coefficient (Wildman–Crippen LogP) is 1.18. The topological polar surface area (TPSA) is 60.2 Å². The Kier molecular flexibility index (Phi) is 2.56. The number of rotatable bonds is 1. The van der Waals surface area contributed by atoms with Crippen LogP contribution in [-0.2, 0) is 22.0 Å². The lowest BCUT2D eigenvalue weighted by atomic mass is 9.98. The van der Waals surface area contributed by atoms with Crippen LogP contribution in [0.5, 0.6) is 0 Å². The second-order valence-electron chi connectivity index (χ2n) is 4.05. The van der Waals surface area contributed by atoms with E-state index in [9.17, 15) is 8.42 Å². The van der Waals surface area contributed by atoms with Crippen LogP contribution in [0, 0.1) is 0 Å². The number of fused-ring (bicyclic) bond motifs is 1. The summed E-state index contributed by atoms with van der Waals surface area (Å²) in [7, 11) is -2.99. The first kappa shape index (κ1) is 10.6. The fourth-order valence-electron chi connectivity index (χ4n) is 2.00. The van der Waals surface area contributed by atoms with Crippen LogP contribution in [0.4, 0.5) is 0 Å². The van der Waals surface area contributed by atoms with Gasteiger partial charge in [0.1, 0.15) is 0 Å². The second-order valence-corrected chi connectivity index (χ2v) is 6.16. The van der Waals surface area contributed by atoms with E-state index in [0.29, 0.717) is 0 Å². The van der Waals surface area contributed by atoms with E-state index in [1.807, 2.05) is 18.2 Å². The van der Waals surface area contributed by atoms with Crippen LogP contribution in [0.15, 0.2) is 18.2 Å². The van der Waals surface area contributed by atoms with Crippen LogP contribution in [-0.4, -0.2) is 14.2 Å². The van der Waals surface area contributed by atoms with E-state index in [4.69, 9.17) is 5.73 Å². The molecule has 82 valence electrons. The first-order chi connectivity index (χ1) is 7.02. The molecule has 15 heavy (non-hydrogen) atoms. The first-order valence-electron chi connectivity index (χ1n) is 5.09. The van der Waals surface area contributed by atoms with Gasteiger partial charge in [-0.15, -0.1) is 0 Å². The lowest BCUT2D eigenvalue weighted by Gasteiger charge is -2.23. The fourth-order valence-corrected chi connectivity index (χ4v) is 3.58. The van der Waals surface area contributed by atoms with Crippen molar-refractivity contribution in [2.45, 2.75) is 25.1 Å². The summed E-state index contributed by atoms with van der Waals surface area (Å²) >= 11 is 0. The maximum atomic E-state index is 11.5. The molecule has 1 heterocycles. The lowest BCUT2D eigenvalue weighted by molar-refractivity contribution is 0.582.